The number of benzene rings is 1. The lowest BCUT2D eigenvalue weighted by Crippen LogP contribution is -2.47. The van der Waals surface area contributed by atoms with Crippen molar-refractivity contribution in [3.05, 3.63) is 41.5 Å². The summed E-state index contributed by atoms with van der Waals surface area (Å²) in [6.45, 7) is 15.8. The number of piperidine rings is 1. The number of fused-ring (bicyclic) bond motifs is 1. The summed E-state index contributed by atoms with van der Waals surface area (Å²) in [6, 6.07) is 12.1. The molecule has 0 atom stereocenters. The summed E-state index contributed by atoms with van der Waals surface area (Å²) < 4.78 is 0. The Morgan fingerprint density at radius 2 is 1.70 bits per heavy atom. The second-order valence-corrected chi connectivity index (χ2v) is 10.2. The molecule has 0 radical (unpaired) electrons. The number of likely N-dealkylation sites (tertiary alicyclic amines) is 1. The summed E-state index contributed by atoms with van der Waals surface area (Å²) in [6.07, 6.45) is 3.80. The Balaban J connectivity index is 1.27. The summed E-state index contributed by atoms with van der Waals surface area (Å²) in [5.41, 5.74) is 5.55. The van der Waals surface area contributed by atoms with Gasteiger partial charge in [0, 0.05) is 38.3 Å². The monoisotopic (exact) mass is 446 g/mol. The Hall–Kier alpha value is -2.44. The van der Waals surface area contributed by atoms with Gasteiger partial charge in [-0.25, -0.2) is 9.97 Å². The summed E-state index contributed by atoms with van der Waals surface area (Å²) in [5, 5.41) is 0. The van der Waals surface area contributed by atoms with Crippen LogP contribution in [-0.4, -0.2) is 76.1 Å². The van der Waals surface area contributed by atoms with E-state index >= 15 is 0 Å². The number of hydrogen-bond donors (Lipinski definition) is 1. The smallest absolute Gasteiger partial charge is 0.157 e. The van der Waals surface area contributed by atoms with Gasteiger partial charge in [0.25, 0.3) is 0 Å². The lowest BCUT2D eigenvalue weighted by atomic mass is 10.0. The average Bonchev–Trinajstić information content (AvgIpc) is 3.06. The van der Waals surface area contributed by atoms with E-state index in [2.05, 4.69) is 77.7 Å². The third-order valence-corrected chi connectivity index (χ3v) is 7.67. The maximum absolute atomic E-state index is 5.02. The first-order valence-corrected chi connectivity index (χ1v) is 12.7. The summed E-state index contributed by atoms with van der Waals surface area (Å²) in [5.74, 6) is 1.92. The van der Waals surface area contributed by atoms with Crippen LogP contribution in [0.4, 0.5) is 5.82 Å². The molecular weight excluding hydrogens is 408 g/mol. The van der Waals surface area contributed by atoms with Gasteiger partial charge in [0.1, 0.15) is 11.5 Å². The number of hydrogen-bond acceptors (Lipinski definition) is 5. The molecular formula is C27H38N6. The first-order valence-electron chi connectivity index (χ1n) is 12.7. The van der Waals surface area contributed by atoms with Crippen molar-refractivity contribution in [2.24, 2.45) is 0 Å². The molecule has 33 heavy (non-hydrogen) atoms. The van der Waals surface area contributed by atoms with E-state index in [9.17, 15) is 0 Å². The number of aromatic nitrogens is 3. The minimum absolute atomic E-state index is 0.670. The van der Waals surface area contributed by atoms with E-state index in [0.29, 0.717) is 6.04 Å². The highest BCUT2D eigenvalue weighted by atomic mass is 15.3. The van der Waals surface area contributed by atoms with E-state index in [-0.39, 0.29) is 0 Å². The number of aromatic amines is 1. The van der Waals surface area contributed by atoms with Crippen LogP contribution in [0.3, 0.4) is 0 Å². The molecule has 1 aromatic carbocycles. The van der Waals surface area contributed by atoms with Crippen molar-refractivity contribution in [3.8, 4) is 11.5 Å². The molecule has 0 amide bonds. The first-order chi connectivity index (χ1) is 16.0. The molecule has 0 unspecified atom stereocenters. The van der Waals surface area contributed by atoms with Crippen LogP contribution in [0.15, 0.2) is 30.3 Å². The van der Waals surface area contributed by atoms with Gasteiger partial charge >= 0.3 is 0 Å². The van der Waals surface area contributed by atoms with Crippen LogP contribution < -0.4 is 4.90 Å². The minimum Gasteiger partial charge on any atom is -0.355 e. The molecule has 1 N–H and O–H groups in total. The Morgan fingerprint density at radius 3 is 2.48 bits per heavy atom. The molecule has 4 heterocycles. The summed E-state index contributed by atoms with van der Waals surface area (Å²) in [7, 11) is 0. The molecule has 5 rings (SSSR count). The van der Waals surface area contributed by atoms with Gasteiger partial charge < -0.3 is 14.8 Å². The van der Waals surface area contributed by atoms with Gasteiger partial charge in [-0.1, -0.05) is 6.07 Å². The minimum atomic E-state index is 0.670. The number of anilines is 1. The zero-order valence-corrected chi connectivity index (χ0v) is 20.6. The number of nitrogens with zero attached hydrogens (tertiary/aromatic N) is 5. The van der Waals surface area contributed by atoms with Crippen LogP contribution in [-0.2, 0) is 0 Å². The molecule has 0 spiro atoms. The molecule has 2 aromatic heterocycles. The third-order valence-electron chi connectivity index (χ3n) is 7.67. The van der Waals surface area contributed by atoms with Crippen LogP contribution in [0, 0.1) is 13.8 Å². The number of pyridine rings is 1. The maximum atomic E-state index is 5.02. The fourth-order valence-corrected chi connectivity index (χ4v) is 5.42. The Kier molecular flexibility index (Phi) is 6.39. The number of nitrogens with one attached hydrogen (secondary N) is 1. The molecule has 176 valence electrons. The van der Waals surface area contributed by atoms with E-state index in [0.717, 1.165) is 54.0 Å². The van der Waals surface area contributed by atoms with Gasteiger partial charge in [-0.15, -0.1) is 0 Å². The quantitative estimate of drug-likeness (QED) is 0.633. The van der Waals surface area contributed by atoms with Crippen molar-refractivity contribution in [1.82, 2.24) is 24.8 Å². The van der Waals surface area contributed by atoms with Crippen molar-refractivity contribution in [2.45, 2.75) is 59.0 Å². The van der Waals surface area contributed by atoms with Crippen molar-refractivity contribution in [1.29, 1.82) is 0 Å². The molecule has 2 saturated heterocycles. The molecule has 0 bridgehead atoms. The van der Waals surface area contributed by atoms with Gasteiger partial charge in [-0.3, -0.25) is 4.90 Å². The van der Waals surface area contributed by atoms with Crippen molar-refractivity contribution < 1.29 is 0 Å². The zero-order chi connectivity index (χ0) is 22.9. The van der Waals surface area contributed by atoms with Gasteiger partial charge in [0.05, 0.1) is 11.0 Å². The fourth-order valence-electron chi connectivity index (χ4n) is 5.42. The topological polar surface area (TPSA) is 51.3 Å². The summed E-state index contributed by atoms with van der Waals surface area (Å²) in [4.78, 5) is 21.2. The van der Waals surface area contributed by atoms with Crippen LogP contribution in [0.2, 0.25) is 0 Å². The predicted molar refractivity (Wildman–Crippen MR) is 137 cm³/mol. The lowest BCUT2D eigenvalue weighted by molar-refractivity contribution is 0.0965. The molecule has 6 nitrogen and oxygen atoms in total. The molecule has 2 aliphatic rings. The van der Waals surface area contributed by atoms with Crippen molar-refractivity contribution in [2.75, 3.05) is 44.2 Å². The molecule has 0 saturated carbocycles. The van der Waals surface area contributed by atoms with Crippen LogP contribution in [0.1, 0.15) is 44.2 Å². The molecule has 3 aromatic rings. The zero-order valence-electron chi connectivity index (χ0n) is 20.6. The molecule has 0 aliphatic carbocycles. The Morgan fingerprint density at radius 1 is 0.909 bits per heavy atom. The normalized spacial score (nSPS) is 19.5. The number of H-pyrrole nitrogens is 1. The number of rotatable bonds is 4. The second-order valence-electron chi connectivity index (χ2n) is 10.2. The Bertz CT molecular complexity index is 1060. The second kappa shape index (κ2) is 9.43. The largest absolute Gasteiger partial charge is 0.355 e. The van der Waals surface area contributed by atoms with Crippen LogP contribution in [0.5, 0.6) is 0 Å². The fraction of sp³-hybridized carbons (Fsp3) is 0.556. The van der Waals surface area contributed by atoms with Gasteiger partial charge in [-0.2, -0.15) is 0 Å². The van der Waals surface area contributed by atoms with Crippen LogP contribution in [0.25, 0.3) is 22.6 Å². The Labute approximate surface area is 198 Å². The first kappa shape index (κ1) is 22.4. The average molecular weight is 447 g/mol. The standard InChI is InChI=1S/C27H38N6/c1-19(2)31-13-9-22(10-14-31)32-11-6-12-33(16-15-32)26-8-5-7-23(28-26)27-29-24-17-20(3)21(4)18-25(24)30-27/h5,7-8,17-19,22H,6,9-16H2,1-4H3,(H,29,30). The number of aryl methyl sites for hydroxylation is 2. The van der Waals surface area contributed by atoms with E-state index in [1.165, 1.54) is 50.0 Å². The highest BCUT2D eigenvalue weighted by Gasteiger charge is 2.27. The van der Waals surface area contributed by atoms with E-state index in [1.54, 1.807) is 0 Å². The lowest BCUT2D eigenvalue weighted by Gasteiger charge is -2.39. The van der Waals surface area contributed by atoms with Crippen molar-refractivity contribution in [3.63, 3.8) is 0 Å². The highest BCUT2D eigenvalue weighted by Crippen LogP contribution is 2.25. The van der Waals surface area contributed by atoms with E-state index in [1.807, 2.05) is 0 Å². The van der Waals surface area contributed by atoms with E-state index < -0.39 is 0 Å². The van der Waals surface area contributed by atoms with Gasteiger partial charge in [0.15, 0.2) is 5.82 Å². The van der Waals surface area contributed by atoms with Gasteiger partial charge in [-0.05, 0) is 95.4 Å². The van der Waals surface area contributed by atoms with Crippen LogP contribution >= 0.6 is 0 Å². The molecule has 2 fully saturated rings. The molecule has 2 aliphatic heterocycles. The van der Waals surface area contributed by atoms with Crippen molar-refractivity contribution >= 4 is 16.9 Å². The summed E-state index contributed by atoms with van der Waals surface area (Å²) >= 11 is 0. The SMILES string of the molecule is Cc1cc2nc(-c3cccc(N4CCCN(C5CCN(C(C)C)CC5)CC4)n3)[nH]c2cc1C. The maximum Gasteiger partial charge on any atom is 0.157 e. The molecule has 6 heteroatoms. The third kappa shape index (κ3) is 4.78. The van der Waals surface area contributed by atoms with Gasteiger partial charge in [0.2, 0.25) is 0 Å². The van der Waals surface area contributed by atoms with E-state index in [4.69, 9.17) is 9.97 Å². The highest BCUT2D eigenvalue weighted by molar-refractivity contribution is 5.80. The predicted octanol–water partition coefficient (Wildman–Crippen LogP) is 4.63. The number of imidazole rings is 1.